The van der Waals surface area contributed by atoms with Crippen molar-refractivity contribution in [1.29, 1.82) is 0 Å². The maximum Gasteiger partial charge on any atom is 0.258 e. The zero-order valence-electron chi connectivity index (χ0n) is 27.8. The van der Waals surface area contributed by atoms with Gasteiger partial charge in [0.1, 0.15) is 11.4 Å². The first-order valence-electron chi connectivity index (χ1n) is 16.7. The molecule has 6 atom stereocenters. The summed E-state index contributed by atoms with van der Waals surface area (Å²) in [6.07, 6.45) is 0.872. The highest BCUT2D eigenvalue weighted by Crippen LogP contribution is 2.67. The summed E-state index contributed by atoms with van der Waals surface area (Å²) in [5, 5.41) is 14.6. The summed E-state index contributed by atoms with van der Waals surface area (Å²) in [5.74, 6) is -22.0. The van der Waals surface area contributed by atoms with Crippen molar-refractivity contribution in [2.45, 2.75) is 35.4 Å². The van der Waals surface area contributed by atoms with Crippen LogP contribution >= 0.6 is 23.2 Å². The molecule has 8 rings (SSSR count). The van der Waals surface area contributed by atoms with Crippen LogP contribution in [-0.4, -0.2) is 38.5 Å². The highest BCUT2D eigenvalue weighted by atomic mass is 35.5. The van der Waals surface area contributed by atoms with Gasteiger partial charge < -0.3 is 10.4 Å². The molecule has 3 fully saturated rings. The molecule has 0 bridgehead atoms. The van der Waals surface area contributed by atoms with E-state index in [1.54, 1.807) is 30.3 Å². The Kier molecular flexibility index (Phi) is 8.20. The number of nitrogens with one attached hydrogen (secondary N) is 1. The number of hydrogen-bond acceptors (Lipinski definition) is 6. The lowest BCUT2D eigenvalue weighted by Crippen LogP contribution is -2.60. The highest BCUT2D eigenvalue weighted by molar-refractivity contribution is 6.58. The molecule has 0 radical (unpaired) electrons. The van der Waals surface area contributed by atoms with Crippen molar-refractivity contribution >= 4 is 69.6 Å². The van der Waals surface area contributed by atoms with Gasteiger partial charge in [0.25, 0.3) is 11.8 Å². The second-order valence-electron chi connectivity index (χ2n) is 13.8. The van der Waals surface area contributed by atoms with Gasteiger partial charge in [-0.05, 0) is 67.6 Å². The lowest BCUT2D eigenvalue weighted by molar-refractivity contribution is -0.125. The van der Waals surface area contributed by atoms with Crippen molar-refractivity contribution in [1.82, 2.24) is 0 Å². The van der Waals surface area contributed by atoms with Crippen LogP contribution in [0.15, 0.2) is 84.4 Å². The monoisotopic (exact) mass is 781 g/mol. The Balaban J connectivity index is 1.24. The molecule has 1 saturated carbocycles. The van der Waals surface area contributed by atoms with Gasteiger partial charge in [-0.3, -0.25) is 24.1 Å². The number of carbonyl (C=O) groups excluding carboxylic acids is 4. The van der Waals surface area contributed by atoms with E-state index in [1.165, 1.54) is 25.1 Å². The van der Waals surface area contributed by atoms with Gasteiger partial charge >= 0.3 is 0 Å². The Morgan fingerprint density at radius 3 is 1.98 bits per heavy atom. The van der Waals surface area contributed by atoms with Crippen molar-refractivity contribution in [3.05, 3.63) is 125 Å². The summed E-state index contributed by atoms with van der Waals surface area (Å²) in [7, 11) is 0. The summed E-state index contributed by atoms with van der Waals surface area (Å²) in [6.45, 7) is 1.53. The molecule has 2 heterocycles. The van der Waals surface area contributed by atoms with Crippen LogP contribution in [0.4, 0.5) is 44.7 Å². The fourth-order valence-electron chi connectivity index (χ4n) is 8.46. The third-order valence-electron chi connectivity index (χ3n) is 11.0. The van der Waals surface area contributed by atoms with E-state index in [1.807, 2.05) is 30.3 Å². The molecule has 4 aromatic rings. The van der Waals surface area contributed by atoms with Gasteiger partial charge in [0.15, 0.2) is 33.0 Å². The predicted molar refractivity (Wildman–Crippen MR) is 188 cm³/mol. The summed E-state index contributed by atoms with van der Waals surface area (Å²) >= 11 is 14.3. The highest BCUT2D eigenvalue weighted by Gasteiger charge is 2.77. The first kappa shape index (κ1) is 35.7. The van der Waals surface area contributed by atoms with Crippen molar-refractivity contribution in [3.63, 3.8) is 0 Å². The van der Waals surface area contributed by atoms with Crippen molar-refractivity contribution in [2.75, 3.05) is 15.1 Å². The SMILES string of the molecule is Cc1cccc(C2C3=CCC4C(=O)N(c5ccc(Nc6ccccc6)cc5)C(=O)C4C3CC3(Cl)C(=O)N(c4c(F)c(F)c(F)c(F)c4F)C(=O)C23Cl)c1O. The van der Waals surface area contributed by atoms with Crippen LogP contribution in [0.25, 0.3) is 0 Å². The maximum atomic E-state index is 15.3. The number of phenolic OH excluding ortho intramolecular Hbond substituents is 1. The quantitative estimate of drug-likeness (QED) is 0.0533. The zero-order valence-corrected chi connectivity index (χ0v) is 29.4. The van der Waals surface area contributed by atoms with Crippen LogP contribution in [-0.2, 0) is 19.2 Å². The predicted octanol–water partition coefficient (Wildman–Crippen LogP) is 7.91. The molecule has 2 aliphatic carbocycles. The first-order chi connectivity index (χ1) is 25.6. The molecule has 0 spiro atoms. The third-order valence-corrected chi connectivity index (χ3v) is 12.4. The number of fused-ring (bicyclic) bond motifs is 4. The average molecular weight is 783 g/mol. The molecule has 4 aliphatic rings. The van der Waals surface area contributed by atoms with E-state index in [-0.39, 0.29) is 33.9 Å². The van der Waals surface area contributed by atoms with E-state index in [0.29, 0.717) is 11.3 Å². The Morgan fingerprint density at radius 2 is 1.33 bits per heavy atom. The van der Waals surface area contributed by atoms with Gasteiger partial charge in [-0.2, -0.15) is 0 Å². The number of anilines is 4. The number of aromatic hydroxyl groups is 1. The molecule has 2 aliphatic heterocycles. The van der Waals surface area contributed by atoms with Crippen LogP contribution < -0.4 is 15.1 Å². The topological polar surface area (TPSA) is 107 Å². The molecule has 2 saturated heterocycles. The number of benzene rings is 4. The van der Waals surface area contributed by atoms with Gasteiger partial charge in [-0.15, -0.1) is 23.2 Å². The number of phenols is 1. The average Bonchev–Trinajstić information content (AvgIpc) is 3.50. The maximum absolute atomic E-state index is 15.3. The number of para-hydroxylation sites is 2. The van der Waals surface area contributed by atoms with Crippen LogP contribution in [0.5, 0.6) is 5.75 Å². The first-order valence-corrected chi connectivity index (χ1v) is 17.5. The number of amides is 4. The zero-order chi connectivity index (χ0) is 38.6. The van der Waals surface area contributed by atoms with Gasteiger partial charge in [-0.1, -0.05) is 48.0 Å². The number of imide groups is 2. The number of rotatable bonds is 5. The molecule has 6 unspecified atom stereocenters. The van der Waals surface area contributed by atoms with Crippen molar-refractivity contribution in [3.8, 4) is 5.75 Å². The lowest BCUT2D eigenvalue weighted by Gasteiger charge is -2.50. The van der Waals surface area contributed by atoms with E-state index in [2.05, 4.69) is 5.32 Å². The lowest BCUT2D eigenvalue weighted by atomic mass is 9.56. The molecular weight excluding hydrogens is 756 g/mol. The molecule has 276 valence electrons. The number of carbonyl (C=O) groups is 4. The molecule has 8 nitrogen and oxygen atoms in total. The molecule has 4 aromatic carbocycles. The molecule has 4 amide bonds. The third kappa shape index (κ3) is 4.73. The summed E-state index contributed by atoms with van der Waals surface area (Å²) < 4.78 is 73.6. The number of hydrogen-bond donors (Lipinski definition) is 2. The van der Waals surface area contributed by atoms with Crippen LogP contribution in [0, 0.1) is 53.8 Å². The van der Waals surface area contributed by atoms with E-state index < -0.39 is 98.2 Å². The van der Waals surface area contributed by atoms with E-state index in [4.69, 9.17) is 23.2 Å². The second kappa shape index (κ2) is 12.4. The largest absolute Gasteiger partial charge is 0.507 e. The standard InChI is InChI=1S/C39H26Cl2F5N3O5/c1-17-6-5-9-23(33(17)50)26-21-14-15-22-25(35(52)48(34(22)51)20-12-10-19(11-13-20)47-18-7-3-2-4-8-18)24(21)16-38(40)36(53)49(37(54)39(26,38)41)32-30(45)28(43)27(42)29(44)31(32)46/h2-14,22,24-26,47,50H,15-16H2,1H3. The summed E-state index contributed by atoms with van der Waals surface area (Å²) in [4.78, 5) is 52.5. The molecule has 54 heavy (non-hydrogen) atoms. The van der Waals surface area contributed by atoms with E-state index in [0.717, 1.165) is 10.6 Å². The van der Waals surface area contributed by atoms with Crippen LogP contribution in [0.1, 0.15) is 29.9 Å². The normalized spacial score (nSPS) is 27.5. The van der Waals surface area contributed by atoms with E-state index in [9.17, 15) is 37.5 Å². The number of halogens is 7. The molecule has 0 aromatic heterocycles. The molecule has 2 N–H and O–H groups in total. The fourth-order valence-corrected chi connectivity index (χ4v) is 9.39. The summed E-state index contributed by atoms with van der Waals surface area (Å²) in [5.41, 5.74) is 0.319. The fraction of sp³-hybridized carbons (Fsp3) is 0.231. The molecular formula is C39H26Cl2F5N3O5. The van der Waals surface area contributed by atoms with Gasteiger partial charge in [0.2, 0.25) is 17.6 Å². The minimum Gasteiger partial charge on any atom is -0.507 e. The van der Waals surface area contributed by atoms with Crippen molar-refractivity contribution in [2.24, 2.45) is 17.8 Å². The van der Waals surface area contributed by atoms with Gasteiger partial charge in [0, 0.05) is 22.9 Å². The number of alkyl halides is 2. The van der Waals surface area contributed by atoms with Crippen LogP contribution in [0.3, 0.4) is 0 Å². The Bertz CT molecular complexity index is 2330. The van der Waals surface area contributed by atoms with Gasteiger partial charge in [-0.25, -0.2) is 26.9 Å². The minimum atomic E-state index is -2.74. The smallest absolute Gasteiger partial charge is 0.258 e. The summed E-state index contributed by atoms with van der Waals surface area (Å²) in [6, 6.07) is 20.2. The minimum absolute atomic E-state index is 0.0416. The second-order valence-corrected chi connectivity index (χ2v) is 15.0. The Hall–Kier alpha value is -5.27. The number of aryl methyl sites for hydroxylation is 1. The number of nitrogens with zero attached hydrogens (tertiary/aromatic N) is 2. The number of allylic oxidation sites excluding steroid dienone is 2. The van der Waals surface area contributed by atoms with Gasteiger partial charge in [0.05, 0.1) is 17.5 Å². The van der Waals surface area contributed by atoms with E-state index >= 15 is 8.78 Å². The molecule has 15 heteroatoms. The van der Waals surface area contributed by atoms with Crippen molar-refractivity contribution < 1.29 is 46.2 Å². The van der Waals surface area contributed by atoms with Crippen LogP contribution in [0.2, 0.25) is 0 Å². The Morgan fingerprint density at radius 1 is 0.722 bits per heavy atom. The Labute approximate surface area is 313 Å².